The van der Waals surface area contributed by atoms with Gasteiger partial charge in [-0.1, -0.05) is 0 Å². The number of amides is 1. The maximum atomic E-state index is 11.9. The van der Waals surface area contributed by atoms with Crippen LogP contribution >= 0.6 is 0 Å². The Morgan fingerprint density at radius 3 is 2.32 bits per heavy atom. The zero-order chi connectivity index (χ0) is 13.8. The molecule has 3 N–H and O–H groups in total. The average molecular weight is 270 g/mol. The maximum absolute atomic E-state index is 11.9. The van der Waals surface area contributed by atoms with Gasteiger partial charge in [0.15, 0.2) is 0 Å². The second-order valence-electron chi connectivity index (χ2n) is 5.68. The molecule has 0 aromatic heterocycles. The minimum atomic E-state index is -0.755. The number of piperidine rings is 1. The van der Waals surface area contributed by atoms with Crippen LogP contribution in [0.15, 0.2) is 0 Å². The van der Waals surface area contributed by atoms with E-state index in [1.54, 1.807) is 4.90 Å². The van der Waals surface area contributed by atoms with E-state index in [2.05, 4.69) is 16.8 Å². The van der Waals surface area contributed by atoms with Crippen LogP contribution in [-0.2, 0) is 4.79 Å². The highest BCUT2D eigenvalue weighted by Crippen LogP contribution is 2.17. The molecule has 0 aromatic rings. The molecule has 2 saturated heterocycles. The molecule has 0 radical (unpaired) electrons. The molecule has 2 aliphatic rings. The van der Waals surface area contributed by atoms with Crippen molar-refractivity contribution in [3.8, 4) is 0 Å². The van der Waals surface area contributed by atoms with E-state index in [4.69, 9.17) is 10.8 Å². The third kappa shape index (κ3) is 3.66. The number of aliphatic hydroxyl groups is 1. The molecule has 0 saturated carbocycles. The van der Waals surface area contributed by atoms with Crippen molar-refractivity contribution in [3.05, 3.63) is 0 Å². The molecule has 0 bridgehead atoms. The highest BCUT2D eigenvalue weighted by atomic mass is 16.3. The van der Waals surface area contributed by atoms with E-state index >= 15 is 0 Å². The molecule has 0 unspecified atom stereocenters. The molecule has 2 rings (SSSR count). The lowest BCUT2D eigenvalue weighted by Gasteiger charge is -2.42. The number of likely N-dealkylation sites (tertiary alicyclic amines) is 1. The van der Waals surface area contributed by atoms with E-state index in [9.17, 15) is 4.79 Å². The van der Waals surface area contributed by atoms with Crippen molar-refractivity contribution in [2.24, 2.45) is 5.73 Å². The fourth-order valence-corrected chi connectivity index (χ4v) is 2.98. The molecule has 1 amide bonds. The van der Waals surface area contributed by atoms with E-state index in [1.807, 2.05) is 0 Å². The van der Waals surface area contributed by atoms with Gasteiger partial charge in [0.25, 0.3) is 0 Å². The summed E-state index contributed by atoms with van der Waals surface area (Å²) in [5.74, 6) is -0.120. The van der Waals surface area contributed by atoms with Crippen molar-refractivity contribution in [1.82, 2.24) is 14.7 Å². The summed E-state index contributed by atoms with van der Waals surface area (Å²) in [4.78, 5) is 18.5. The fourth-order valence-electron chi connectivity index (χ4n) is 2.98. The maximum Gasteiger partial charge on any atom is 0.241 e. The lowest BCUT2D eigenvalue weighted by Crippen LogP contribution is -2.57. The molecule has 0 aromatic carbocycles. The first-order valence-corrected chi connectivity index (χ1v) is 7.19. The van der Waals surface area contributed by atoms with Gasteiger partial charge in [-0.25, -0.2) is 0 Å². The van der Waals surface area contributed by atoms with E-state index in [0.29, 0.717) is 6.04 Å². The van der Waals surface area contributed by atoms with Gasteiger partial charge in [0.2, 0.25) is 5.91 Å². The predicted octanol–water partition coefficient (Wildman–Crippen LogP) is -1.46. The largest absolute Gasteiger partial charge is 0.394 e. The summed E-state index contributed by atoms with van der Waals surface area (Å²) in [6, 6.07) is -0.0881. The smallest absolute Gasteiger partial charge is 0.241 e. The van der Waals surface area contributed by atoms with E-state index in [1.165, 1.54) is 25.9 Å². The third-order valence-electron chi connectivity index (χ3n) is 4.34. The number of hydrogen-bond donors (Lipinski definition) is 2. The summed E-state index contributed by atoms with van der Waals surface area (Å²) < 4.78 is 0. The number of rotatable bonds is 3. The minimum absolute atomic E-state index is 0.120. The number of carbonyl (C=O) groups is 1. The first-order valence-electron chi connectivity index (χ1n) is 7.19. The summed E-state index contributed by atoms with van der Waals surface area (Å²) in [5, 5.41) is 8.93. The molecule has 2 aliphatic heterocycles. The lowest BCUT2D eigenvalue weighted by atomic mass is 10.0. The van der Waals surface area contributed by atoms with Gasteiger partial charge in [0.05, 0.1) is 6.61 Å². The molecular weight excluding hydrogens is 244 g/mol. The van der Waals surface area contributed by atoms with Crippen LogP contribution in [0.4, 0.5) is 0 Å². The second-order valence-corrected chi connectivity index (χ2v) is 5.68. The van der Waals surface area contributed by atoms with Crippen LogP contribution in [0.25, 0.3) is 0 Å². The number of nitrogens with zero attached hydrogens (tertiary/aromatic N) is 3. The van der Waals surface area contributed by atoms with Gasteiger partial charge in [-0.3, -0.25) is 9.69 Å². The molecule has 0 aliphatic carbocycles. The average Bonchev–Trinajstić information content (AvgIpc) is 2.46. The molecule has 6 nitrogen and oxygen atoms in total. The van der Waals surface area contributed by atoms with Gasteiger partial charge in [-0.2, -0.15) is 0 Å². The van der Waals surface area contributed by atoms with Crippen molar-refractivity contribution in [2.75, 3.05) is 52.9 Å². The SMILES string of the molecule is CN1CCC(N2CCN(C(=O)[C@H](N)CO)CC2)CC1. The zero-order valence-electron chi connectivity index (χ0n) is 11.8. The number of piperazine rings is 1. The Hall–Kier alpha value is -0.690. The van der Waals surface area contributed by atoms with Crippen molar-refractivity contribution in [2.45, 2.75) is 24.9 Å². The summed E-state index contributed by atoms with van der Waals surface area (Å²) in [7, 11) is 2.17. The van der Waals surface area contributed by atoms with E-state index in [-0.39, 0.29) is 12.5 Å². The number of nitrogens with two attached hydrogens (primary N) is 1. The van der Waals surface area contributed by atoms with Gasteiger partial charge in [-0.05, 0) is 33.0 Å². The topological polar surface area (TPSA) is 73.0 Å². The molecule has 2 fully saturated rings. The van der Waals surface area contributed by atoms with Crippen LogP contribution in [-0.4, -0.2) is 90.7 Å². The molecule has 0 spiro atoms. The highest BCUT2D eigenvalue weighted by molar-refractivity contribution is 5.81. The Bertz CT molecular complexity index is 297. The van der Waals surface area contributed by atoms with Crippen LogP contribution in [0.3, 0.4) is 0 Å². The van der Waals surface area contributed by atoms with Gasteiger partial charge < -0.3 is 20.6 Å². The number of carbonyl (C=O) groups excluding carboxylic acids is 1. The number of aliphatic hydroxyl groups excluding tert-OH is 1. The molecule has 110 valence electrons. The van der Waals surface area contributed by atoms with Crippen molar-refractivity contribution in [3.63, 3.8) is 0 Å². The van der Waals surface area contributed by atoms with Gasteiger partial charge in [0.1, 0.15) is 6.04 Å². The normalized spacial score (nSPS) is 25.5. The first-order chi connectivity index (χ1) is 9.11. The quantitative estimate of drug-likeness (QED) is 0.656. The van der Waals surface area contributed by atoms with Crippen molar-refractivity contribution >= 4 is 5.91 Å². The summed E-state index contributed by atoms with van der Waals surface area (Å²) >= 11 is 0. The van der Waals surface area contributed by atoms with Crippen molar-refractivity contribution in [1.29, 1.82) is 0 Å². The standard InChI is InChI=1S/C13H26N4O2/c1-15-4-2-11(3-5-15)16-6-8-17(9-7-16)13(19)12(14)10-18/h11-12,18H,2-10,14H2,1H3/t12-/m1/s1. The molecule has 1 atom stereocenters. The predicted molar refractivity (Wildman–Crippen MR) is 73.7 cm³/mol. The Kier molecular flexibility index (Phi) is 5.15. The van der Waals surface area contributed by atoms with Crippen LogP contribution in [0.5, 0.6) is 0 Å². The summed E-state index contributed by atoms with van der Waals surface area (Å²) in [5.41, 5.74) is 5.58. The molecule has 19 heavy (non-hydrogen) atoms. The van der Waals surface area contributed by atoms with Crippen LogP contribution in [0, 0.1) is 0 Å². The lowest BCUT2D eigenvalue weighted by molar-refractivity contribution is -0.135. The molecule has 6 heteroatoms. The summed E-state index contributed by atoms with van der Waals surface area (Å²) in [6.07, 6.45) is 2.45. The third-order valence-corrected chi connectivity index (χ3v) is 4.34. The Labute approximate surface area is 115 Å². The Morgan fingerprint density at radius 2 is 1.79 bits per heavy atom. The van der Waals surface area contributed by atoms with Gasteiger partial charge in [0, 0.05) is 32.2 Å². The minimum Gasteiger partial charge on any atom is -0.394 e. The fraction of sp³-hybridized carbons (Fsp3) is 0.923. The monoisotopic (exact) mass is 270 g/mol. The number of hydrogen-bond acceptors (Lipinski definition) is 5. The van der Waals surface area contributed by atoms with Crippen LogP contribution in [0.2, 0.25) is 0 Å². The van der Waals surface area contributed by atoms with Crippen molar-refractivity contribution < 1.29 is 9.90 Å². The highest BCUT2D eigenvalue weighted by Gasteiger charge is 2.29. The van der Waals surface area contributed by atoms with Gasteiger partial charge >= 0.3 is 0 Å². The molecular formula is C13H26N4O2. The van der Waals surface area contributed by atoms with Crippen LogP contribution in [0.1, 0.15) is 12.8 Å². The van der Waals surface area contributed by atoms with E-state index in [0.717, 1.165) is 26.2 Å². The Morgan fingerprint density at radius 1 is 1.21 bits per heavy atom. The zero-order valence-corrected chi connectivity index (χ0v) is 11.8. The first kappa shape index (κ1) is 14.7. The Balaban J connectivity index is 1.77. The second kappa shape index (κ2) is 6.65. The van der Waals surface area contributed by atoms with Gasteiger partial charge in [-0.15, -0.1) is 0 Å². The van der Waals surface area contributed by atoms with Crippen LogP contribution < -0.4 is 5.73 Å². The molecule has 2 heterocycles. The summed E-state index contributed by atoms with van der Waals surface area (Å²) in [6.45, 7) is 5.39. The van der Waals surface area contributed by atoms with E-state index < -0.39 is 6.04 Å².